The van der Waals surface area contributed by atoms with Crippen molar-refractivity contribution < 1.29 is 66.1 Å². The number of piperazine rings is 2. The fraction of sp³-hybridized carbons (Fsp3) is 0.396. The number of ether oxygens (including phenoxy) is 4. The van der Waals surface area contributed by atoms with Crippen LogP contribution in [0.3, 0.4) is 0 Å². The second kappa shape index (κ2) is 27.1. The molecule has 77 heavy (non-hydrogen) atoms. The zero-order valence-electron chi connectivity index (χ0n) is 42.9. The van der Waals surface area contributed by atoms with Gasteiger partial charge in [0, 0.05) is 83.1 Å². The third kappa shape index (κ3) is 15.1. The molecule has 4 saturated heterocycles. The monoisotopic (exact) mass is 1090 g/mol. The van der Waals surface area contributed by atoms with Gasteiger partial charge >= 0.3 is 24.1 Å². The summed E-state index contributed by atoms with van der Waals surface area (Å²) >= 11 is 0. The Morgan fingerprint density at radius 1 is 0.571 bits per heavy atom. The zero-order valence-corrected chi connectivity index (χ0v) is 43.7. The normalized spacial score (nSPS) is 17.1. The summed E-state index contributed by atoms with van der Waals surface area (Å²) in [6.07, 6.45) is -0.276. The summed E-state index contributed by atoms with van der Waals surface area (Å²) in [6.45, 7) is 8.40. The van der Waals surface area contributed by atoms with E-state index in [1.165, 1.54) is 46.2 Å². The molecule has 8 rings (SSSR count). The summed E-state index contributed by atoms with van der Waals surface area (Å²) in [6, 6.07) is 21.6. The van der Waals surface area contributed by atoms with E-state index < -0.39 is 55.1 Å². The average molecular weight is 1090 g/mol. The van der Waals surface area contributed by atoms with Gasteiger partial charge in [-0.1, -0.05) is 20.8 Å². The van der Waals surface area contributed by atoms with Crippen LogP contribution in [0.25, 0.3) is 0 Å². The fourth-order valence-electron chi connectivity index (χ4n) is 8.52. The maximum Gasteiger partial charge on any atom is 0.414 e. The molecule has 0 spiro atoms. The molecule has 0 radical (unpaired) electrons. The molecule has 0 aliphatic carbocycles. The minimum absolute atomic E-state index is 0. The van der Waals surface area contributed by atoms with Crippen LogP contribution in [0.4, 0.5) is 52.5 Å². The van der Waals surface area contributed by atoms with E-state index in [1.54, 1.807) is 72.2 Å². The van der Waals surface area contributed by atoms with Crippen molar-refractivity contribution in [3.63, 3.8) is 0 Å². The zero-order chi connectivity index (χ0) is 54.5. The Kier molecular flexibility index (Phi) is 20.5. The number of hydrogen-bond donors (Lipinski definition) is 3. The summed E-state index contributed by atoms with van der Waals surface area (Å²) in [5.74, 6) is -3.18. The fourth-order valence-corrected chi connectivity index (χ4v) is 8.52. The summed E-state index contributed by atoms with van der Waals surface area (Å²) in [7, 11) is 0. The van der Waals surface area contributed by atoms with E-state index in [0.717, 1.165) is 0 Å². The third-order valence-corrected chi connectivity index (χ3v) is 13.0. The highest BCUT2D eigenvalue weighted by molar-refractivity contribution is 5.95. The molecule has 4 aromatic carbocycles. The molecule has 0 aromatic heterocycles. The first-order valence-electron chi connectivity index (χ1n) is 25.0. The van der Waals surface area contributed by atoms with Gasteiger partial charge in [-0.3, -0.25) is 29.0 Å². The Balaban J connectivity index is 0.000000246. The molecule has 4 heterocycles. The topological polar surface area (TPSA) is 243 Å². The van der Waals surface area contributed by atoms with Crippen molar-refractivity contribution in [3.8, 4) is 0 Å². The molecule has 412 valence electrons. The van der Waals surface area contributed by atoms with Gasteiger partial charge in [-0.2, -0.15) is 0 Å². The number of nitrogens with two attached hydrogens (primary N) is 1. The molecule has 4 aliphatic rings. The number of anilines is 6. The SMILES string of the molecule is CCC(=O)Nc1ccc(C(=O)OCC(=O)N2CCN(c3ccc(N4C[C@H](CC)OC4=O)cc3F)CC2)cc1.CCC(=O)Nc1ccc(C(=O)OCC(=O)N2CCN(c3ccc(N4C[C@H](CN)OC4=O)cc3F)CC2)cc1.Cl. The van der Waals surface area contributed by atoms with Crippen LogP contribution in [0.2, 0.25) is 0 Å². The lowest BCUT2D eigenvalue weighted by Gasteiger charge is -2.36. The van der Waals surface area contributed by atoms with Crippen molar-refractivity contribution in [1.82, 2.24) is 9.80 Å². The highest BCUT2D eigenvalue weighted by Gasteiger charge is 2.34. The van der Waals surface area contributed by atoms with Gasteiger partial charge in [-0.15, -0.1) is 12.4 Å². The number of carbonyl (C=O) groups is 8. The quantitative estimate of drug-likeness (QED) is 0.0887. The van der Waals surface area contributed by atoms with Gasteiger partial charge in [0.25, 0.3) is 11.8 Å². The Labute approximate surface area is 449 Å². The number of hydrogen-bond acceptors (Lipinski definition) is 15. The first kappa shape index (κ1) is 58.2. The number of nitrogens with zero attached hydrogens (tertiary/aromatic N) is 6. The number of rotatable bonds is 16. The van der Waals surface area contributed by atoms with Crippen LogP contribution in [0.5, 0.6) is 0 Å². The van der Waals surface area contributed by atoms with Crippen molar-refractivity contribution in [2.24, 2.45) is 5.73 Å². The molecular weight excluding hydrogens is 1030 g/mol. The van der Waals surface area contributed by atoms with Crippen molar-refractivity contribution in [2.45, 2.75) is 52.2 Å². The van der Waals surface area contributed by atoms with Gasteiger partial charge in [0.15, 0.2) is 13.2 Å². The van der Waals surface area contributed by atoms with E-state index in [2.05, 4.69) is 10.6 Å². The largest absolute Gasteiger partial charge is 0.452 e. The molecule has 0 unspecified atom stereocenters. The predicted molar refractivity (Wildman–Crippen MR) is 283 cm³/mol. The Morgan fingerprint density at radius 3 is 1.27 bits per heavy atom. The van der Waals surface area contributed by atoms with Gasteiger partial charge in [0.05, 0.1) is 47.0 Å². The van der Waals surface area contributed by atoms with Crippen LogP contribution in [0.15, 0.2) is 84.9 Å². The van der Waals surface area contributed by atoms with Crippen molar-refractivity contribution in [2.75, 3.05) is 115 Å². The number of carbonyl (C=O) groups excluding carboxylic acids is 8. The molecule has 6 amide bonds. The molecule has 0 bridgehead atoms. The maximum absolute atomic E-state index is 14.9. The minimum Gasteiger partial charge on any atom is -0.452 e. The predicted octanol–water partition coefficient (Wildman–Crippen LogP) is 5.80. The maximum atomic E-state index is 14.9. The van der Waals surface area contributed by atoms with Crippen molar-refractivity contribution in [1.29, 1.82) is 0 Å². The minimum atomic E-state index is -0.646. The smallest absolute Gasteiger partial charge is 0.414 e. The van der Waals surface area contributed by atoms with Crippen LogP contribution in [0, 0.1) is 11.6 Å². The Hall–Kier alpha value is -8.05. The van der Waals surface area contributed by atoms with Crippen molar-refractivity contribution in [3.05, 3.63) is 108 Å². The van der Waals surface area contributed by atoms with Crippen LogP contribution in [0.1, 0.15) is 60.7 Å². The first-order chi connectivity index (χ1) is 36.6. The van der Waals surface area contributed by atoms with Crippen LogP contribution < -0.4 is 36.0 Å². The van der Waals surface area contributed by atoms with E-state index in [9.17, 15) is 47.1 Å². The molecule has 4 fully saturated rings. The van der Waals surface area contributed by atoms with Crippen LogP contribution >= 0.6 is 12.4 Å². The number of esters is 2. The van der Waals surface area contributed by atoms with E-state index in [0.29, 0.717) is 112 Å². The summed E-state index contributed by atoms with van der Waals surface area (Å²) in [5, 5.41) is 5.38. The molecule has 21 nitrogen and oxygen atoms in total. The number of benzene rings is 4. The average Bonchev–Trinajstić information content (AvgIpc) is 4.03. The standard InChI is InChI=1S/C27H31FN4O6.C26H30FN5O6.ClH/c1-3-21-16-32(27(36)38-21)20-9-10-23(22(28)15-20)30-11-13-31(14-12-30)25(34)17-37-26(35)18-5-7-19(8-6-18)29-24(33)4-2;1-2-23(33)29-18-5-3-17(4-6-18)25(35)37-16-24(34)31-11-9-30(10-12-31)22-8-7-19(13-21(22)27)32-15-20(14-28)38-26(32)36;/h5-10,15,21H,3-4,11-14,16-17H2,1-2H3,(H,29,33);3-8,13,20H,2,9-12,14-16,28H2,1H3,(H,29,33);1H/t21-;20-;/m00./s1. The lowest BCUT2D eigenvalue weighted by atomic mass is 10.2. The van der Waals surface area contributed by atoms with Crippen LogP contribution in [-0.2, 0) is 38.1 Å². The van der Waals surface area contributed by atoms with Gasteiger partial charge < -0.3 is 54.9 Å². The van der Waals surface area contributed by atoms with Gasteiger partial charge in [0.2, 0.25) is 11.8 Å². The summed E-state index contributed by atoms with van der Waals surface area (Å²) in [4.78, 5) is 106. The van der Waals surface area contributed by atoms with E-state index in [1.807, 2.05) is 16.7 Å². The molecular formula is C53H62ClF2N9O12. The number of nitrogens with one attached hydrogen (secondary N) is 2. The summed E-state index contributed by atoms with van der Waals surface area (Å²) in [5.41, 5.74) is 8.81. The highest BCUT2D eigenvalue weighted by Crippen LogP contribution is 2.31. The number of halogens is 3. The molecule has 0 saturated carbocycles. The molecule has 4 N–H and O–H groups in total. The van der Waals surface area contributed by atoms with Gasteiger partial charge in [0.1, 0.15) is 23.8 Å². The lowest BCUT2D eigenvalue weighted by Crippen LogP contribution is -2.50. The van der Waals surface area contributed by atoms with E-state index >= 15 is 0 Å². The van der Waals surface area contributed by atoms with Crippen LogP contribution in [-0.4, -0.2) is 155 Å². The van der Waals surface area contributed by atoms with Gasteiger partial charge in [-0.25, -0.2) is 28.0 Å². The molecule has 4 aliphatic heterocycles. The first-order valence-corrected chi connectivity index (χ1v) is 25.0. The third-order valence-electron chi connectivity index (χ3n) is 13.0. The summed E-state index contributed by atoms with van der Waals surface area (Å²) < 4.78 is 50.6. The Morgan fingerprint density at radius 2 is 0.948 bits per heavy atom. The second-order valence-electron chi connectivity index (χ2n) is 18.0. The molecule has 24 heteroatoms. The lowest BCUT2D eigenvalue weighted by molar-refractivity contribution is -0.135. The van der Waals surface area contributed by atoms with Crippen molar-refractivity contribution >= 4 is 94.3 Å². The van der Waals surface area contributed by atoms with Gasteiger partial charge in [-0.05, 0) is 91.3 Å². The Bertz CT molecular complexity index is 2590. The van der Waals surface area contributed by atoms with E-state index in [4.69, 9.17) is 24.7 Å². The second-order valence-corrected chi connectivity index (χ2v) is 18.0. The highest BCUT2D eigenvalue weighted by atomic mass is 35.5. The number of amides is 6. The number of cyclic esters (lactones) is 2. The molecule has 4 aromatic rings. The van der Waals surface area contributed by atoms with E-state index in [-0.39, 0.29) is 66.4 Å². The molecule has 2 atom stereocenters.